The first kappa shape index (κ1) is 16.7. The average molecular weight is 275 g/mol. The summed E-state index contributed by atoms with van der Waals surface area (Å²) in [6, 6.07) is 7.14. The zero-order valence-electron chi connectivity index (χ0n) is 10.3. The van der Waals surface area contributed by atoms with Crippen molar-refractivity contribution in [3.05, 3.63) is 24.3 Å². The minimum Gasteiger partial charge on any atom is -0.397 e. The molecule has 1 aromatic rings. The number of rotatable bonds is 7. The van der Waals surface area contributed by atoms with Gasteiger partial charge >= 0.3 is 0 Å². The molecule has 18 heavy (non-hydrogen) atoms. The van der Waals surface area contributed by atoms with Gasteiger partial charge in [-0.2, -0.15) is 0 Å². The number of carbonyl (C=O) groups is 1. The smallest absolute Gasteiger partial charge is 0.226 e. The van der Waals surface area contributed by atoms with E-state index in [0.717, 1.165) is 0 Å². The summed E-state index contributed by atoms with van der Waals surface area (Å²) in [4.78, 5) is 11.5. The van der Waals surface area contributed by atoms with E-state index < -0.39 is 0 Å². The highest BCUT2D eigenvalue weighted by atomic mass is 35.5. The van der Waals surface area contributed by atoms with Gasteiger partial charge in [0.05, 0.1) is 37.6 Å². The molecule has 1 amide bonds. The molecule has 102 valence electrons. The van der Waals surface area contributed by atoms with Crippen LogP contribution in [0.2, 0.25) is 0 Å². The Morgan fingerprint density at radius 2 is 2.00 bits per heavy atom. The maximum Gasteiger partial charge on any atom is 0.226 e. The van der Waals surface area contributed by atoms with Gasteiger partial charge in [-0.25, -0.2) is 0 Å². The number of halogens is 1. The maximum atomic E-state index is 11.5. The van der Waals surface area contributed by atoms with Crippen molar-refractivity contribution in [3.8, 4) is 0 Å². The Balaban J connectivity index is 0.00000289. The first-order valence-corrected chi connectivity index (χ1v) is 5.45. The minimum atomic E-state index is -0.111. The Morgan fingerprint density at radius 1 is 1.28 bits per heavy atom. The molecule has 0 saturated carbocycles. The lowest BCUT2D eigenvalue weighted by Gasteiger charge is -2.08. The number of amides is 1. The van der Waals surface area contributed by atoms with Crippen molar-refractivity contribution in [2.24, 2.45) is 0 Å². The number of benzene rings is 1. The summed E-state index contributed by atoms with van der Waals surface area (Å²) in [5.41, 5.74) is 6.89. The van der Waals surface area contributed by atoms with Crippen LogP contribution < -0.4 is 11.1 Å². The second-order valence-electron chi connectivity index (χ2n) is 3.49. The molecule has 1 aromatic carbocycles. The molecule has 6 heteroatoms. The van der Waals surface area contributed by atoms with Crippen LogP contribution in [0, 0.1) is 0 Å². The van der Waals surface area contributed by atoms with E-state index in [1.54, 1.807) is 19.2 Å². The van der Waals surface area contributed by atoms with E-state index >= 15 is 0 Å². The molecule has 0 bridgehead atoms. The molecular weight excluding hydrogens is 256 g/mol. The third kappa shape index (κ3) is 6.44. The van der Waals surface area contributed by atoms with Crippen molar-refractivity contribution in [1.29, 1.82) is 0 Å². The molecule has 0 spiro atoms. The fraction of sp³-hybridized carbons (Fsp3) is 0.417. The number of nitrogens with two attached hydrogens (primary N) is 1. The van der Waals surface area contributed by atoms with E-state index in [9.17, 15) is 4.79 Å². The number of ether oxygens (including phenoxy) is 2. The predicted molar refractivity (Wildman–Crippen MR) is 74.0 cm³/mol. The normalized spacial score (nSPS) is 9.61. The third-order valence-corrected chi connectivity index (χ3v) is 2.14. The number of hydrogen-bond donors (Lipinski definition) is 2. The summed E-state index contributed by atoms with van der Waals surface area (Å²) in [6.45, 7) is 1.41. The van der Waals surface area contributed by atoms with E-state index in [1.165, 1.54) is 0 Å². The van der Waals surface area contributed by atoms with Crippen LogP contribution in [-0.4, -0.2) is 32.8 Å². The van der Waals surface area contributed by atoms with Gasteiger partial charge in [0.25, 0.3) is 0 Å². The Kier molecular flexibility index (Phi) is 9.00. The first-order valence-electron chi connectivity index (χ1n) is 5.45. The lowest BCUT2D eigenvalue weighted by molar-refractivity contribution is -0.117. The van der Waals surface area contributed by atoms with Crippen LogP contribution >= 0.6 is 12.4 Å². The van der Waals surface area contributed by atoms with E-state index in [-0.39, 0.29) is 18.3 Å². The first-order chi connectivity index (χ1) is 8.24. The van der Waals surface area contributed by atoms with Gasteiger partial charge in [0.1, 0.15) is 0 Å². The largest absolute Gasteiger partial charge is 0.397 e. The zero-order valence-corrected chi connectivity index (χ0v) is 11.2. The lowest BCUT2D eigenvalue weighted by Crippen LogP contribution is -2.15. The van der Waals surface area contributed by atoms with Crippen molar-refractivity contribution in [2.75, 3.05) is 38.0 Å². The van der Waals surface area contributed by atoms with Gasteiger partial charge in [0, 0.05) is 7.11 Å². The van der Waals surface area contributed by atoms with E-state index in [0.29, 0.717) is 37.6 Å². The van der Waals surface area contributed by atoms with Gasteiger partial charge in [-0.15, -0.1) is 12.4 Å². The Bertz CT molecular complexity index is 361. The van der Waals surface area contributed by atoms with Crippen molar-refractivity contribution in [3.63, 3.8) is 0 Å². The highest BCUT2D eigenvalue weighted by molar-refractivity contribution is 5.93. The van der Waals surface area contributed by atoms with Crippen molar-refractivity contribution in [1.82, 2.24) is 0 Å². The molecule has 0 aliphatic carbocycles. The summed E-state index contributed by atoms with van der Waals surface area (Å²) < 4.78 is 10.0. The molecule has 0 unspecified atom stereocenters. The number of carbonyl (C=O) groups excluding carboxylic acids is 1. The van der Waals surface area contributed by atoms with Crippen LogP contribution in [0.5, 0.6) is 0 Å². The van der Waals surface area contributed by atoms with Crippen LogP contribution in [0.3, 0.4) is 0 Å². The van der Waals surface area contributed by atoms with Gasteiger partial charge in [-0.05, 0) is 12.1 Å². The van der Waals surface area contributed by atoms with Crippen LogP contribution in [0.4, 0.5) is 11.4 Å². The summed E-state index contributed by atoms with van der Waals surface area (Å²) in [5, 5.41) is 2.73. The summed E-state index contributed by atoms with van der Waals surface area (Å²) >= 11 is 0. The number of para-hydroxylation sites is 2. The summed E-state index contributed by atoms with van der Waals surface area (Å²) in [7, 11) is 1.61. The van der Waals surface area contributed by atoms with E-state index in [1.807, 2.05) is 12.1 Å². The molecular formula is C12H19ClN2O3. The monoisotopic (exact) mass is 274 g/mol. The van der Waals surface area contributed by atoms with Gasteiger partial charge < -0.3 is 20.5 Å². The number of methoxy groups -OCH3 is 1. The lowest BCUT2D eigenvalue weighted by atomic mass is 10.2. The van der Waals surface area contributed by atoms with Crippen LogP contribution in [-0.2, 0) is 14.3 Å². The molecule has 5 nitrogen and oxygen atoms in total. The van der Waals surface area contributed by atoms with Gasteiger partial charge in [0.15, 0.2) is 0 Å². The van der Waals surface area contributed by atoms with Crippen LogP contribution in [0.15, 0.2) is 24.3 Å². The fourth-order valence-corrected chi connectivity index (χ4v) is 1.23. The molecule has 0 radical (unpaired) electrons. The summed E-state index contributed by atoms with van der Waals surface area (Å²) in [6.07, 6.45) is 0.304. The molecule has 0 aromatic heterocycles. The molecule has 0 aliphatic rings. The van der Waals surface area contributed by atoms with Crippen molar-refractivity contribution >= 4 is 29.7 Å². The molecule has 0 aliphatic heterocycles. The molecule has 0 heterocycles. The highest BCUT2D eigenvalue weighted by Gasteiger charge is 2.04. The Morgan fingerprint density at radius 3 is 2.67 bits per heavy atom. The number of hydrogen-bond acceptors (Lipinski definition) is 4. The number of nitrogens with one attached hydrogen (secondary N) is 1. The average Bonchev–Trinajstić information content (AvgIpc) is 2.32. The van der Waals surface area contributed by atoms with Crippen molar-refractivity contribution in [2.45, 2.75) is 6.42 Å². The minimum absolute atomic E-state index is 0. The molecule has 0 atom stereocenters. The predicted octanol–water partition coefficient (Wildman–Crippen LogP) is 1.68. The van der Waals surface area contributed by atoms with E-state index in [2.05, 4.69) is 5.32 Å². The van der Waals surface area contributed by atoms with Crippen molar-refractivity contribution < 1.29 is 14.3 Å². The maximum absolute atomic E-state index is 11.5. The van der Waals surface area contributed by atoms with Gasteiger partial charge in [-0.3, -0.25) is 4.79 Å². The molecule has 3 N–H and O–H groups in total. The van der Waals surface area contributed by atoms with Gasteiger partial charge in [0.2, 0.25) is 5.91 Å². The molecule has 0 saturated heterocycles. The molecule has 0 fully saturated rings. The number of nitrogen functional groups attached to an aromatic ring is 1. The Hall–Kier alpha value is -1.30. The SMILES string of the molecule is COCCOCCC(=O)Nc1ccccc1N.Cl. The van der Waals surface area contributed by atoms with Crippen LogP contribution in [0.25, 0.3) is 0 Å². The van der Waals surface area contributed by atoms with Gasteiger partial charge in [-0.1, -0.05) is 12.1 Å². The molecule has 1 rings (SSSR count). The zero-order chi connectivity index (χ0) is 12.5. The van der Waals surface area contributed by atoms with Crippen LogP contribution in [0.1, 0.15) is 6.42 Å². The quantitative estimate of drug-likeness (QED) is 0.586. The highest BCUT2D eigenvalue weighted by Crippen LogP contribution is 2.16. The number of anilines is 2. The third-order valence-electron chi connectivity index (χ3n) is 2.14. The standard InChI is InChI=1S/C12H18N2O3.ClH/c1-16-8-9-17-7-6-12(15)14-11-5-3-2-4-10(11)13;/h2-5H,6-9,13H2,1H3,(H,14,15);1H. The second-order valence-corrected chi connectivity index (χ2v) is 3.49. The topological polar surface area (TPSA) is 73.6 Å². The van der Waals surface area contributed by atoms with E-state index in [4.69, 9.17) is 15.2 Å². The summed E-state index contributed by atoms with van der Waals surface area (Å²) in [5.74, 6) is -0.111. The second kappa shape index (κ2) is 9.70. The fourth-order valence-electron chi connectivity index (χ4n) is 1.23. The Labute approximate surface area is 113 Å².